The third kappa shape index (κ3) is 7.35. The van der Waals surface area contributed by atoms with Crippen LogP contribution in [0.5, 0.6) is 0 Å². The van der Waals surface area contributed by atoms with E-state index in [9.17, 15) is 19.7 Å². The number of methoxy groups -OCH3 is 1. The summed E-state index contributed by atoms with van der Waals surface area (Å²) in [6, 6.07) is 13.9. The summed E-state index contributed by atoms with van der Waals surface area (Å²) < 4.78 is 22.1. The van der Waals surface area contributed by atoms with Crippen molar-refractivity contribution >= 4 is 29.4 Å². The number of nitrogens with zero attached hydrogens (tertiary/aromatic N) is 1. The van der Waals surface area contributed by atoms with Gasteiger partial charge in [-0.3, -0.25) is 10.1 Å². The lowest BCUT2D eigenvalue weighted by Crippen LogP contribution is -2.32. The number of esters is 2. The number of thioether (sulfide) groups is 1. The summed E-state index contributed by atoms with van der Waals surface area (Å²) in [5.41, 5.74) is 2.65. The Morgan fingerprint density at radius 2 is 1.78 bits per heavy atom. The number of ether oxygens (including phenoxy) is 4. The van der Waals surface area contributed by atoms with Crippen LogP contribution in [0, 0.1) is 10.1 Å². The van der Waals surface area contributed by atoms with Crippen LogP contribution >= 0.6 is 11.8 Å². The summed E-state index contributed by atoms with van der Waals surface area (Å²) in [5, 5.41) is 14.5. The number of nitro groups is 1. The van der Waals surface area contributed by atoms with Gasteiger partial charge in [0.25, 0.3) is 5.69 Å². The van der Waals surface area contributed by atoms with E-state index < -0.39 is 28.6 Å². The number of nitrogens with one attached hydrogen (secondary N) is 1. The van der Waals surface area contributed by atoms with Gasteiger partial charge in [-0.15, -0.1) is 11.8 Å². The normalized spacial score (nSPS) is 20.0. The predicted octanol–water partition coefficient (Wildman–Crippen LogP) is 5.03. The van der Waals surface area contributed by atoms with Gasteiger partial charge in [-0.2, -0.15) is 0 Å². The van der Waals surface area contributed by atoms with Crippen LogP contribution in [0.2, 0.25) is 0 Å². The van der Waals surface area contributed by atoms with Gasteiger partial charge in [0.15, 0.2) is 5.79 Å². The highest BCUT2D eigenvalue weighted by molar-refractivity contribution is 7.99. The van der Waals surface area contributed by atoms with E-state index in [2.05, 4.69) is 5.32 Å². The first-order valence-corrected chi connectivity index (χ1v) is 14.2. The van der Waals surface area contributed by atoms with E-state index in [4.69, 9.17) is 18.9 Å². The molecule has 0 bridgehead atoms. The standard InChI is InChI=1S/C30H34N2O8S/c1-18-25(28(33)37-5)27(21-7-6-8-22(15-21)32(35)36)26(19(2)31-18)29(34)38-14-13-20-9-11-24(12-10-20)41-17-23-16-39-30(3,4)40-23/h6-12,15,23,27,31H,13-14,16-17H2,1-5H3. The number of nitro benzene ring substituents is 1. The van der Waals surface area contributed by atoms with Crippen molar-refractivity contribution in [2.45, 2.75) is 56.8 Å². The molecule has 2 aliphatic heterocycles. The molecule has 0 saturated carbocycles. The van der Waals surface area contributed by atoms with E-state index in [1.54, 1.807) is 31.7 Å². The molecule has 2 aromatic carbocycles. The Morgan fingerprint density at radius 1 is 1.10 bits per heavy atom. The maximum Gasteiger partial charge on any atom is 0.336 e. The van der Waals surface area contributed by atoms with Gasteiger partial charge < -0.3 is 24.3 Å². The molecule has 0 aliphatic carbocycles. The highest BCUT2D eigenvalue weighted by atomic mass is 32.2. The molecule has 10 nitrogen and oxygen atoms in total. The van der Waals surface area contributed by atoms with E-state index in [0.717, 1.165) is 16.2 Å². The van der Waals surface area contributed by atoms with Gasteiger partial charge in [-0.05, 0) is 51.0 Å². The number of carbonyl (C=O) groups excluding carboxylic acids is 2. The van der Waals surface area contributed by atoms with E-state index in [1.807, 2.05) is 38.1 Å². The van der Waals surface area contributed by atoms with Crippen LogP contribution in [0.3, 0.4) is 0 Å². The Kier molecular flexibility index (Phi) is 9.52. The van der Waals surface area contributed by atoms with Crippen LogP contribution in [-0.2, 0) is 35.0 Å². The van der Waals surface area contributed by atoms with Crippen LogP contribution in [0.4, 0.5) is 5.69 Å². The van der Waals surface area contributed by atoms with Gasteiger partial charge in [0.1, 0.15) is 0 Å². The molecule has 1 N–H and O–H groups in total. The number of hydrogen-bond donors (Lipinski definition) is 1. The molecule has 0 amide bonds. The number of dihydropyridines is 1. The van der Waals surface area contributed by atoms with Crippen molar-refractivity contribution in [2.24, 2.45) is 0 Å². The summed E-state index contributed by atoms with van der Waals surface area (Å²) >= 11 is 1.69. The van der Waals surface area contributed by atoms with Gasteiger partial charge in [0, 0.05) is 40.6 Å². The second kappa shape index (κ2) is 12.9. The summed E-state index contributed by atoms with van der Waals surface area (Å²) in [4.78, 5) is 38.2. The molecule has 2 aromatic rings. The van der Waals surface area contributed by atoms with Crippen molar-refractivity contribution < 1.29 is 33.5 Å². The quantitative estimate of drug-likeness (QED) is 0.176. The van der Waals surface area contributed by atoms with E-state index in [-0.39, 0.29) is 29.5 Å². The summed E-state index contributed by atoms with van der Waals surface area (Å²) in [5.74, 6) is -1.90. The van der Waals surface area contributed by atoms with E-state index in [1.165, 1.54) is 25.3 Å². The fourth-order valence-corrected chi connectivity index (χ4v) is 5.79. The minimum atomic E-state index is -0.896. The number of rotatable bonds is 10. The molecule has 2 unspecified atom stereocenters. The maximum absolute atomic E-state index is 13.4. The first kappa shape index (κ1) is 30.3. The Labute approximate surface area is 243 Å². The predicted molar refractivity (Wildman–Crippen MR) is 153 cm³/mol. The third-order valence-corrected chi connectivity index (χ3v) is 7.99. The van der Waals surface area contributed by atoms with Crippen molar-refractivity contribution in [3.8, 4) is 0 Å². The van der Waals surface area contributed by atoms with Crippen LogP contribution < -0.4 is 5.32 Å². The average Bonchev–Trinajstić information content (AvgIpc) is 3.30. The second-order valence-electron chi connectivity index (χ2n) is 10.3. The zero-order chi connectivity index (χ0) is 29.7. The Balaban J connectivity index is 1.43. The van der Waals surface area contributed by atoms with Crippen molar-refractivity contribution in [2.75, 3.05) is 26.1 Å². The number of hydrogen-bond acceptors (Lipinski definition) is 10. The molecule has 0 aromatic heterocycles. The zero-order valence-electron chi connectivity index (χ0n) is 23.7. The summed E-state index contributed by atoms with van der Waals surface area (Å²) in [6.45, 7) is 7.91. The molecule has 1 fully saturated rings. The second-order valence-corrected chi connectivity index (χ2v) is 11.4. The molecule has 41 heavy (non-hydrogen) atoms. The van der Waals surface area contributed by atoms with E-state index >= 15 is 0 Å². The average molecular weight is 583 g/mol. The van der Waals surface area contributed by atoms with Gasteiger partial charge in [0.2, 0.25) is 0 Å². The number of benzene rings is 2. The minimum Gasteiger partial charge on any atom is -0.466 e. The lowest BCUT2D eigenvalue weighted by molar-refractivity contribution is -0.384. The monoisotopic (exact) mass is 582 g/mol. The van der Waals surface area contributed by atoms with E-state index in [0.29, 0.717) is 30.0 Å². The largest absolute Gasteiger partial charge is 0.466 e. The summed E-state index contributed by atoms with van der Waals surface area (Å²) in [6.07, 6.45) is 0.537. The highest BCUT2D eigenvalue weighted by Gasteiger charge is 2.38. The first-order chi connectivity index (χ1) is 19.5. The fraction of sp³-hybridized carbons (Fsp3) is 0.400. The van der Waals surface area contributed by atoms with Crippen LogP contribution in [0.25, 0.3) is 0 Å². The third-order valence-electron chi connectivity index (χ3n) is 6.85. The van der Waals surface area contributed by atoms with Gasteiger partial charge in [-0.25, -0.2) is 9.59 Å². The van der Waals surface area contributed by atoms with Gasteiger partial charge in [0.05, 0.1) is 48.4 Å². The highest BCUT2D eigenvalue weighted by Crippen LogP contribution is 2.40. The molecule has 1 saturated heterocycles. The molecule has 0 radical (unpaired) electrons. The van der Waals surface area contributed by atoms with Crippen LogP contribution in [0.1, 0.15) is 44.7 Å². The lowest BCUT2D eigenvalue weighted by Gasteiger charge is -2.30. The number of carbonyl (C=O) groups is 2. The first-order valence-electron chi connectivity index (χ1n) is 13.2. The Bertz CT molecular complexity index is 1380. The summed E-state index contributed by atoms with van der Waals surface area (Å²) in [7, 11) is 1.25. The molecular formula is C30H34N2O8S. The van der Waals surface area contributed by atoms with Crippen LogP contribution in [-0.4, -0.2) is 54.8 Å². The van der Waals surface area contributed by atoms with Crippen molar-refractivity contribution in [3.05, 3.63) is 92.3 Å². The molecule has 218 valence electrons. The molecule has 2 atom stereocenters. The van der Waals surface area contributed by atoms with Gasteiger partial charge >= 0.3 is 11.9 Å². The van der Waals surface area contributed by atoms with Crippen molar-refractivity contribution in [1.29, 1.82) is 0 Å². The number of allylic oxidation sites excluding steroid dienone is 2. The Morgan fingerprint density at radius 3 is 2.39 bits per heavy atom. The fourth-order valence-electron chi connectivity index (χ4n) is 4.92. The minimum absolute atomic E-state index is 0.0466. The topological polar surface area (TPSA) is 126 Å². The molecule has 11 heteroatoms. The molecular weight excluding hydrogens is 548 g/mol. The molecule has 4 rings (SSSR count). The maximum atomic E-state index is 13.4. The molecule has 2 heterocycles. The SMILES string of the molecule is COC(=O)C1=C(C)NC(C)=C(C(=O)OCCc2ccc(SCC3COC(C)(C)O3)cc2)C1c1cccc([N+](=O)[O-])c1. The van der Waals surface area contributed by atoms with Crippen LogP contribution in [0.15, 0.2) is 76.0 Å². The smallest absolute Gasteiger partial charge is 0.336 e. The lowest BCUT2D eigenvalue weighted by atomic mass is 9.80. The molecule has 2 aliphatic rings. The molecule has 0 spiro atoms. The van der Waals surface area contributed by atoms with Crippen molar-refractivity contribution in [1.82, 2.24) is 5.32 Å². The number of non-ortho nitro benzene ring substituents is 1. The zero-order valence-corrected chi connectivity index (χ0v) is 24.5. The Hall–Kier alpha value is -3.67. The van der Waals surface area contributed by atoms with Gasteiger partial charge in [-0.1, -0.05) is 24.3 Å². The van der Waals surface area contributed by atoms with Crippen molar-refractivity contribution in [3.63, 3.8) is 0 Å².